The molecular weight excluding hydrogens is 278 g/mol. The van der Waals surface area contributed by atoms with Gasteiger partial charge in [0.2, 0.25) is 0 Å². The molecule has 0 saturated carbocycles. The number of nitrogens with zero attached hydrogens (tertiary/aromatic N) is 1. The minimum atomic E-state index is -0.435. The van der Waals surface area contributed by atoms with Crippen molar-refractivity contribution in [3.63, 3.8) is 0 Å². The van der Waals surface area contributed by atoms with E-state index < -0.39 is 5.97 Å². The van der Waals surface area contributed by atoms with E-state index in [4.69, 9.17) is 4.74 Å². The van der Waals surface area contributed by atoms with Gasteiger partial charge in [-0.05, 0) is 24.6 Å². The minimum absolute atomic E-state index is 0.435. The number of ether oxygens (including phenoxy) is 1. The Kier molecular flexibility index (Phi) is 4.01. The summed E-state index contributed by atoms with van der Waals surface area (Å²) in [6.45, 7) is 2.21. The van der Waals surface area contributed by atoms with Gasteiger partial charge in [-0.1, -0.05) is 53.7 Å². The highest BCUT2D eigenvalue weighted by molar-refractivity contribution is 6.24. The zero-order valence-electron chi connectivity index (χ0n) is 12.2. The highest BCUT2D eigenvalue weighted by atomic mass is 16.7. The third-order valence-corrected chi connectivity index (χ3v) is 3.33. The Balaban J connectivity index is 1.83. The van der Waals surface area contributed by atoms with Gasteiger partial charge in [-0.2, -0.15) is 0 Å². The second-order valence-electron chi connectivity index (χ2n) is 4.93. The lowest BCUT2D eigenvalue weighted by atomic mass is 10.1. The highest BCUT2D eigenvalue weighted by Crippen LogP contribution is 2.24. The molecule has 0 atom stereocenters. The molecule has 4 heteroatoms. The number of carbonyl (C=O) groups is 1. The van der Waals surface area contributed by atoms with E-state index in [1.807, 2.05) is 54.6 Å². The normalized spacial score (nSPS) is 15.6. The SMILES string of the molecule is CC1=NOC(=O)/C1=C\c1ccccc1OCc1ccccc1. The van der Waals surface area contributed by atoms with E-state index in [1.54, 1.807) is 13.0 Å². The number of hydrogen-bond acceptors (Lipinski definition) is 4. The smallest absolute Gasteiger partial charge is 0.367 e. The maximum absolute atomic E-state index is 11.6. The molecule has 0 spiro atoms. The quantitative estimate of drug-likeness (QED) is 0.639. The Morgan fingerprint density at radius 1 is 1.09 bits per heavy atom. The largest absolute Gasteiger partial charge is 0.488 e. The van der Waals surface area contributed by atoms with E-state index in [2.05, 4.69) is 9.99 Å². The van der Waals surface area contributed by atoms with E-state index in [0.717, 1.165) is 11.1 Å². The number of rotatable bonds is 4. The van der Waals surface area contributed by atoms with E-state index in [0.29, 0.717) is 23.6 Å². The van der Waals surface area contributed by atoms with Gasteiger partial charge < -0.3 is 9.57 Å². The second kappa shape index (κ2) is 6.26. The van der Waals surface area contributed by atoms with Crippen molar-refractivity contribution < 1.29 is 14.4 Å². The molecule has 0 aliphatic carbocycles. The highest BCUT2D eigenvalue weighted by Gasteiger charge is 2.22. The molecule has 110 valence electrons. The van der Waals surface area contributed by atoms with Gasteiger partial charge in [0.25, 0.3) is 0 Å². The Labute approximate surface area is 128 Å². The molecule has 4 nitrogen and oxygen atoms in total. The summed E-state index contributed by atoms with van der Waals surface area (Å²) >= 11 is 0. The summed E-state index contributed by atoms with van der Waals surface area (Å²) in [6, 6.07) is 17.5. The van der Waals surface area contributed by atoms with Gasteiger partial charge >= 0.3 is 5.97 Å². The van der Waals surface area contributed by atoms with E-state index in [-0.39, 0.29) is 0 Å². The van der Waals surface area contributed by atoms with Crippen LogP contribution in [0.1, 0.15) is 18.1 Å². The first-order chi connectivity index (χ1) is 10.7. The van der Waals surface area contributed by atoms with Gasteiger partial charge in [-0.25, -0.2) is 4.79 Å². The molecule has 22 heavy (non-hydrogen) atoms. The van der Waals surface area contributed by atoms with Crippen molar-refractivity contribution in [2.24, 2.45) is 5.16 Å². The Hall–Kier alpha value is -2.88. The van der Waals surface area contributed by atoms with Gasteiger partial charge in [0.15, 0.2) is 0 Å². The molecular formula is C18H15NO3. The number of benzene rings is 2. The van der Waals surface area contributed by atoms with Crippen molar-refractivity contribution >= 4 is 17.8 Å². The summed E-state index contributed by atoms with van der Waals surface area (Å²) in [7, 11) is 0. The van der Waals surface area contributed by atoms with Crippen LogP contribution in [0.5, 0.6) is 5.75 Å². The molecule has 0 radical (unpaired) electrons. The van der Waals surface area contributed by atoms with Crippen LogP contribution in [0.2, 0.25) is 0 Å². The van der Waals surface area contributed by atoms with E-state index >= 15 is 0 Å². The zero-order valence-corrected chi connectivity index (χ0v) is 12.2. The van der Waals surface area contributed by atoms with Crippen LogP contribution < -0.4 is 4.74 Å². The lowest BCUT2D eigenvalue weighted by Crippen LogP contribution is -2.02. The van der Waals surface area contributed by atoms with Crippen molar-refractivity contribution in [1.82, 2.24) is 0 Å². The van der Waals surface area contributed by atoms with Gasteiger partial charge in [0.1, 0.15) is 12.4 Å². The average molecular weight is 293 g/mol. The van der Waals surface area contributed by atoms with Crippen LogP contribution in [-0.4, -0.2) is 11.7 Å². The molecule has 2 aromatic carbocycles. The van der Waals surface area contributed by atoms with E-state index in [1.165, 1.54) is 0 Å². The predicted molar refractivity (Wildman–Crippen MR) is 84.4 cm³/mol. The van der Waals surface area contributed by atoms with Gasteiger partial charge in [-0.3, -0.25) is 0 Å². The third-order valence-electron chi connectivity index (χ3n) is 3.33. The van der Waals surface area contributed by atoms with Crippen LogP contribution in [0.3, 0.4) is 0 Å². The van der Waals surface area contributed by atoms with Crippen molar-refractivity contribution in [2.45, 2.75) is 13.5 Å². The summed E-state index contributed by atoms with van der Waals surface area (Å²) in [5, 5.41) is 3.68. The van der Waals surface area contributed by atoms with Gasteiger partial charge in [0.05, 0.1) is 11.3 Å². The van der Waals surface area contributed by atoms with Crippen molar-refractivity contribution in [3.8, 4) is 5.75 Å². The lowest BCUT2D eigenvalue weighted by Gasteiger charge is -2.09. The molecule has 0 aromatic heterocycles. The Morgan fingerprint density at radius 3 is 2.55 bits per heavy atom. The van der Waals surface area contributed by atoms with Gasteiger partial charge in [-0.15, -0.1) is 0 Å². The topological polar surface area (TPSA) is 47.9 Å². The van der Waals surface area contributed by atoms with Crippen molar-refractivity contribution in [3.05, 3.63) is 71.3 Å². The first-order valence-electron chi connectivity index (χ1n) is 6.98. The second-order valence-corrected chi connectivity index (χ2v) is 4.93. The first-order valence-corrected chi connectivity index (χ1v) is 6.98. The maximum Gasteiger partial charge on any atom is 0.367 e. The van der Waals surface area contributed by atoms with Crippen LogP contribution in [0.25, 0.3) is 6.08 Å². The first kappa shape index (κ1) is 14.1. The minimum Gasteiger partial charge on any atom is -0.488 e. The molecule has 0 unspecified atom stereocenters. The van der Waals surface area contributed by atoms with Gasteiger partial charge in [0, 0.05) is 5.56 Å². The van der Waals surface area contributed by atoms with Crippen molar-refractivity contribution in [2.75, 3.05) is 0 Å². The fourth-order valence-electron chi connectivity index (χ4n) is 2.14. The summed E-state index contributed by atoms with van der Waals surface area (Å²) < 4.78 is 5.87. The molecule has 0 fully saturated rings. The maximum atomic E-state index is 11.6. The molecule has 1 aliphatic heterocycles. The predicted octanol–water partition coefficient (Wildman–Crippen LogP) is 3.58. The van der Waals surface area contributed by atoms with Crippen LogP contribution in [0, 0.1) is 0 Å². The fourth-order valence-corrected chi connectivity index (χ4v) is 2.14. The molecule has 1 aliphatic rings. The van der Waals surface area contributed by atoms with Crippen LogP contribution in [0.15, 0.2) is 65.3 Å². The molecule has 0 amide bonds. The monoisotopic (exact) mass is 293 g/mol. The number of oxime groups is 1. The Morgan fingerprint density at radius 2 is 1.82 bits per heavy atom. The zero-order chi connectivity index (χ0) is 15.4. The summed E-state index contributed by atoms with van der Waals surface area (Å²) in [6.07, 6.45) is 1.74. The average Bonchev–Trinajstić information content (AvgIpc) is 2.87. The number of carbonyl (C=O) groups excluding carboxylic acids is 1. The van der Waals surface area contributed by atoms with Crippen LogP contribution >= 0.6 is 0 Å². The van der Waals surface area contributed by atoms with E-state index in [9.17, 15) is 4.79 Å². The molecule has 1 heterocycles. The summed E-state index contributed by atoms with van der Waals surface area (Å²) in [5.74, 6) is 0.279. The molecule has 2 aromatic rings. The number of hydrogen-bond donors (Lipinski definition) is 0. The molecule has 0 saturated heterocycles. The van der Waals surface area contributed by atoms with Crippen molar-refractivity contribution in [1.29, 1.82) is 0 Å². The summed E-state index contributed by atoms with van der Waals surface area (Å²) in [5.41, 5.74) is 2.93. The molecule has 3 rings (SSSR count). The molecule has 0 N–H and O–H groups in total. The Bertz CT molecular complexity index is 748. The fraction of sp³-hybridized carbons (Fsp3) is 0.111. The number of para-hydroxylation sites is 1. The van der Waals surface area contributed by atoms with Crippen LogP contribution in [-0.2, 0) is 16.2 Å². The summed E-state index contributed by atoms with van der Waals surface area (Å²) in [4.78, 5) is 16.3. The lowest BCUT2D eigenvalue weighted by molar-refractivity contribution is -0.136. The third kappa shape index (κ3) is 3.06. The standard InChI is InChI=1S/C18H15NO3/c1-13-16(18(20)22-19-13)11-15-9-5-6-10-17(15)21-12-14-7-3-2-4-8-14/h2-11H,12H2,1H3/b16-11-. The molecule has 0 bridgehead atoms. The van der Waals surface area contributed by atoms with Crippen LogP contribution in [0.4, 0.5) is 0 Å².